The Balaban J connectivity index is 2.44. The van der Waals surface area contributed by atoms with E-state index in [1.54, 1.807) is 0 Å². The van der Waals surface area contributed by atoms with Gasteiger partial charge in [-0.2, -0.15) is 13.2 Å². The number of nitrogens with zero attached hydrogens (tertiary/aromatic N) is 1. The number of thioether (sulfide) groups is 1. The highest BCUT2D eigenvalue weighted by Crippen LogP contribution is 2.34. The molecule has 1 fully saturated rings. The van der Waals surface area contributed by atoms with E-state index in [4.69, 9.17) is 0 Å². The molecule has 1 rings (SSSR count). The molecule has 15 heavy (non-hydrogen) atoms. The van der Waals surface area contributed by atoms with Gasteiger partial charge in [0.2, 0.25) is 5.91 Å². The highest BCUT2D eigenvalue weighted by Gasteiger charge is 2.35. The monoisotopic (exact) mass is 241 g/mol. The lowest BCUT2D eigenvalue weighted by molar-refractivity contribution is -0.131. The summed E-state index contributed by atoms with van der Waals surface area (Å²) in [6.07, 6.45) is 2.86. The minimum Gasteiger partial charge on any atom is -0.342 e. The van der Waals surface area contributed by atoms with Crippen LogP contribution in [0.2, 0.25) is 0 Å². The second kappa shape index (κ2) is 5.09. The lowest BCUT2D eigenvalue weighted by atomic mass is 10.1. The molecule has 1 atom stereocenters. The van der Waals surface area contributed by atoms with E-state index in [1.807, 2.05) is 0 Å². The Hall–Kier alpha value is -0.390. The average Bonchev–Trinajstić information content (AvgIpc) is 2.15. The molecule has 0 aliphatic carbocycles. The van der Waals surface area contributed by atoms with Crippen LogP contribution in [0.1, 0.15) is 26.2 Å². The van der Waals surface area contributed by atoms with E-state index in [9.17, 15) is 18.0 Å². The second-order valence-corrected chi connectivity index (χ2v) is 5.00. The molecule has 0 N–H and O–H groups in total. The van der Waals surface area contributed by atoms with Crippen LogP contribution in [0.15, 0.2) is 0 Å². The molecule has 0 saturated carbocycles. The summed E-state index contributed by atoms with van der Waals surface area (Å²) in [5.74, 6) is -0.392. The molecule has 1 amide bonds. The van der Waals surface area contributed by atoms with Crippen LogP contribution in [0.3, 0.4) is 0 Å². The van der Waals surface area contributed by atoms with Gasteiger partial charge in [-0.1, -0.05) is 0 Å². The number of amides is 1. The first-order valence-electron chi connectivity index (χ1n) is 4.93. The van der Waals surface area contributed by atoms with Crippen molar-refractivity contribution in [2.75, 3.05) is 13.1 Å². The number of likely N-dealkylation sites (tertiary alicyclic amines) is 1. The molecule has 0 aromatic rings. The fourth-order valence-corrected chi connectivity index (χ4v) is 2.27. The summed E-state index contributed by atoms with van der Waals surface area (Å²) < 4.78 is 36.1. The predicted octanol–water partition coefficient (Wildman–Crippen LogP) is 2.64. The van der Waals surface area contributed by atoms with Gasteiger partial charge in [0.25, 0.3) is 0 Å². The molecule has 2 nitrogen and oxygen atoms in total. The molecule has 6 heteroatoms. The molecule has 0 aromatic carbocycles. The molecule has 88 valence electrons. The van der Waals surface area contributed by atoms with Gasteiger partial charge in [0.1, 0.15) is 0 Å². The van der Waals surface area contributed by atoms with Crippen molar-refractivity contribution in [2.24, 2.45) is 0 Å². The fraction of sp³-hybridized carbons (Fsp3) is 0.889. The third-order valence-electron chi connectivity index (χ3n) is 2.33. The third-order valence-corrected chi connectivity index (χ3v) is 3.15. The molecule has 0 unspecified atom stereocenters. The van der Waals surface area contributed by atoms with Gasteiger partial charge >= 0.3 is 5.51 Å². The predicted molar refractivity (Wildman–Crippen MR) is 53.5 cm³/mol. The largest absolute Gasteiger partial charge is 0.442 e. The Bertz CT molecular complexity index is 226. The van der Waals surface area contributed by atoms with Gasteiger partial charge in [0.05, 0.1) is 5.25 Å². The smallest absolute Gasteiger partial charge is 0.342 e. The summed E-state index contributed by atoms with van der Waals surface area (Å²) in [5, 5.41) is -1.02. The number of piperidine rings is 1. The summed E-state index contributed by atoms with van der Waals surface area (Å²) in [6.45, 7) is 2.51. The van der Waals surface area contributed by atoms with Gasteiger partial charge in [-0.05, 0) is 37.9 Å². The van der Waals surface area contributed by atoms with Crippen molar-refractivity contribution in [3.05, 3.63) is 0 Å². The molecule has 0 spiro atoms. The maximum absolute atomic E-state index is 12.0. The molecular formula is C9H14F3NOS. The van der Waals surface area contributed by atoms with E-state index in [1.165, 1.54) is 11.8 Å². The van der Waals surface area contributed by atoms with Crippen LogP contribution < -0.4 is 0 Å². The van der Waals surface area contributed by atoms with Crippen LogP contribution >= 0.6 is 11.8 Å². The van der Waals surface area contributed by atoms with Gasteiger partial charge < -0.3 is 4.90 Å². The minimum atomic E-state index is -4.33. The highest BCUT2D eigenvalue weighted by atomic mass is 32.2. The van der Waals surface area contributed by atoms with Gasteiger partial charge in [-0.3, -0.25) is 4.79 Å². The number of hydrogen-bond acceptors (Lipinski definition) is 2. The Morgan fingerprint density at radius 1 is 1.27 bits per heavy atom. The van der Waals surface area contributed by atoms with Crippen molar-refractivity contribution < 1.29 is 18.0 Å². The molecule has 0 bridgehead atoms. The lowest BCUT2D eigenvalue weighted by Crippen LogP contribution is -2.40. The van der Waals surface area contributed by atoms with Crippen LogP contribution in [0.25, 0.3) is 0 Å². The van der Waals surface area contributed by atoms with E-state index >= 15 is 0 Å². The Labute approximate surface area is 91.2 Å². The van der Waals surface area contributed by atoms with Crippen molar-refractivity contribution in [1.29, 1.82) is 0 Å². The van der Waals surface area contributed by atoms with E-state index < -0.39 is 16.7 Å². The summed E-state index contributed by atoms with van der Waals surface area (Å²) in [7, 11) is 0. The van der Waals surface area contributed by atoms with Crippen LogP contribution in [-0.2, 0) is 4.79 Å². The van der Waals surface area contributed by atoms with Gasteiger partial charge in [-0.15, -0.1) is 0 Å². The summed E-state index contributed by atoms with van der Waals surface area (Å²) in [5.41, 5.74) is -4.33. The maximum Gasteiger partial charge on any atom is 0.442 e. The zero-order valence-corrected chi connectivity index (χ0v) is 9.33. The zero-order valence-electron chi connectivity index (χ0n) is 8.51. The number of halogens is 3. The molecular weight excluding hydrogens is 227 g/mol. The molecule has 1 aliphatic heterocycles. The Kier molecular flexibility index (Phi) is 4.31. The molecule has 1 saturated heterocycles. The first-order valence-corrected chi connectivity index (χ1v) is 5.81. The molecule has 0 radical (unpaired) electrons. The first kappa shape index (κ1) is 12.7. The summed E-state index contributed by atoms with van der Waals surface area (Å²) in [6, 6.07) is 0. The molecule has 0 aromatic heterocycles. The van der Waals surface area contributed by atoms with Gasteiger partial charge in [0, 0.05) is 13.1 Å². The van der Waals surface area contributed by atoms with E-state index in [-0.39, 0.29) is 11.8 Å². The minimum absolute atomic E-state index is 0.233. The lowest BCUT2D eigenvalue weighted by Gasteiger charge is -2.29. The standard InChI is InChI=1S/C9H14F3NOS/c1-7(15-9(10,11)12)8(14)13-5-3-2-4-6-13/h7H,2-6H2,1H3/t7-/m0/s1. The van der Waals surface area contributed by atoms with E-state index in [0.29, 0.717) is 13.1 Å². The van der Waals surface area contributed by atoms with Crippen LogP contribution in [0, 0.1) is 0 Å². The molecule has 1 aliphatic rings. The van der Waals surface area contributed by atoms with Crippen molar-refractivity contribution >= 4 is 17.7 Å². The Morgan fingerprint density at radius 3 is 2.27 bits per heavy atom. The maximum atomic E-state index is 12.0. The van der Waals surface area contributed by atoms with Crippen molar-refractivity contribution in [2.45, 2.75) is 36.9 Å². The highest BCUT2D eigenvalue weighted by molar-refractivity contribution is 8.01. The van der Waals surface area contributed by atoms with Crippen LogP contribution in [0.5, 0.6) is 0 Å². The van der Waals surface area contributed by atoms with Gasteiger partial charge in [0.15, 0.2) is 0 Å². The molecule has 1 heterocycles. The van der Waals surface area contributed by atoms with Crippen molar-refractivity contribution in [1.82, 2.24) is 4.90 Å². The average molecular weight is 241 g/mol. The number of rotatable bonds is 2. The van der Waals surface area contributed by atoms with Crippen LogP contribution in [0.4, 0.5) is 13.2 Å². The zero-order chi connectivity index (χ0) is 11.5. The van der Waals surface area contributed by atoms with E-state index in [0.717, 1.165) is 19.3 Å². The van der Waals surface area contributed by atoms with Crippen molar-refractivity contribution in [3.63, 3.8) is 0 Å². The van der Waals surface area contributed by atoms with Crippen LogP contribution in [-0.4, -0.2) is 34.7 Å². The number of carbonyl (C=O) groups is 1. The normalized spacial score (nSPS) is 20.1. The van der Waals surface area contributed by atoms with E-state index in [2.05, 4.69) is 0 Å². The number of carbonyl (C=O) groups excluding carboxylic acids is 1. The third kappa shape index (κ3) is 4.32. The second-order valence-electron chi connectivity index (χ2n) is 3.59. The number of hydrogen-bond donors (Lipinski definition) is 0. The van der Waals surface area contributed by atoms with Crippen molar-refractivity contribution in [3.8, 4) is 0 Å². The quantitative estimate of drug-likeness (QED) is 0.740. The fourth-order valence-electron chi connectivity index (χ4n) is 1.62. The summed E-state index contributed by atoms with van der Waals surface area (Å²) in [4.78, 5) is 13.1. The Morgan fingerprint density at radius 2 is 1.80 bits per heavy atom. The summed E-state index contributed by atoms with van der Waals surface area (Å²) >= 11 is -0.233. The number of alkyl halides is 3. The topological polar surface area (TPSA) is 20.3 Å². The first-order chi connectivity index (χ1) is 6.90. The van der Waals surface area contributed by atoms with Gasteiger partial charge in [-0.25, -0.2) is 0 Å². The SMILES string of the molecule is C[C@H](SC(F)(F)F)C(=O)N1CCCCC1.